The van der Waals surface area contributed by atoms with Crippen molar-refractivity contribution in [3.63, 3.8) is 0 Å². The highest BCUT2D eigenvalue weighted by molar-refractivity contribution is 8.00. The number of H-pyrrole nitrogens is 1. The van der Waals surface area contributed by atoms with Crippen LogP contribution in [0.25, 0.3) is 0 Å². The van der Waals surface area contributed by atoms with E-state index in [1.807, 2.05) is 12.1 Å². The molecule has 0 spiro atoms. The van der Waals surface area contributed by atoms with Gasteiger partial charge in [-0.2, -0.15) is 13.2 Å². The summed E-state index contributed by atoms with van der Waals surface area (Å²) in [6.07, 6.45) is -4.04. The van der Waals surface area contributed by atoms with Crippen LogP contribution in [0.5, 0.6) is 11.5 Å². The molecule has 2 aromatic carbocycles. The Kier molecular flexibility index (Phi) is 6.85. The van der Waals surface area contributed by atoms with Crippen molar-refractivity contribution in [2.24, 2.45) is 29.6 Å². The van der Waals surface area contributed by atoms with Crippen molar-refractivity contribution in [1.29, 1.82) is 0 Å². The number of nitrogens with zero attached hydrogens (tertiary/aromatic N) is 1. The largest absolute Gasteiger partial charge is 0.493 e. The van der Waals surface area contributed by atoms with Crippen LogP contribution in [-0.2, 0) is 20.6 Å². The average molecular weight is 646 g/mol. The molecule has 7 rings (SSSR count). The number of anilines is 1. The summed E-state index contributed by atoms with van der Waals surface area (Å²) in [5.74, 6) is -2.71. The number of carbonyl (C=O) groups is 3. The zero-order valence-corrected chi connectivity index (χ0v) is 25.0. The molecular weight excluding hydrogens is 619 g/mol. The number of thiazole rings is 1. The number of fused-ring (bicyclic) bond motifs is 9. The summed E-state index contributed by atoms with van der Waals surface area (Å²) in [6, 6.07) is 10.2. The van der Waals surface area contributed by atoms with Crippen LogP contribution in [0.2, 0.25) is 0 Å². The minimum atomic E-state index is -4.69. The molecule has 1 saturated heterocycles. The van der Waals surface area contributed by atoms with E-state index in [9.17, 15) is 32.3 Å². The van der Waals surface area contributed by atoms with Crippen molar-refractivity contribution in [2.45, 2.75) is 28.8 Å². The molecule has 44 heavy (non-hydrogen) atoms. The number of hydrogen-bond donors (Lipinski definition) is 2. The summed E-state index contributed by atoms with van der Waals surface area (Å²) >= 11 is 2.66. The van der Waals surface area contributed by atoms with Crippen LogP contribution in [0.1, 0.15) is 28.3 Å². The van der Waals surface area contributed by atoms with Crippen LogP contribution in [-0.4, -0.2) is 53.6 Å². The molecule has 2 N–H and O–H groups in total. The lowest BCUT2D eigenvalue weighted by Gasteiger charge is -2.43. The zero-order valence-electron chi connectivity index (χ0n) is 23.3. The molecule has 1 aromatic heterocycles. The Morgan fingerprint density at radius 1 is 1.02 bits per heavy atom. The van der Waals surface area contributed by atoms with Crippen molar-refractivity contribution in [3.8, 4) is 11.5 Å². The highest BCUT2D eigenvalue weighted by atomic mass is 32.2. The predicted octanol–water partition coefficient (Wildman–Crippen LogP) is 4.58. The minimum Gasteiger partial charge on any atom is -0.493 e. The van der Waals surface area contributed by atoms with Gasteiger partial charge in [0.25, 0.3) is 0 Å². The Morgan fingerprint density at radius 3 is 2.43 bits per heavy atom. The van der Waals surface area contributed by atoms with Gasteiger partial charge in [-0.25, -0.2) is 0 Å². The van der Waals surface area contributed by atoms with Crippen molar-refractivity contribution in [3.05, 3.63) is 68.1 Å². The van der Waals surface area contributed by atoms with Crippen LogP contribution in [0.3, 0.4) is 0 Å². The Balaban J connectivity index is 1.19. The van der Waals surface area contributed by atoms with E-state index in [4.69, 9.17) is 9.47 Å². The third kappa shape index (κ3) is 4.36. The Bertz CT molecular complexity index is 1760. The van der Waals surface area contributed by atoms with E-state index in [-0.39, 0.29) is 33.8 Å². The van der Waals surface area contributed by atoms with Crippen LogP contribution in [0.4, 0.5) is 18.9 Å². The number of aromatic nitrogens is 1. The maximum atomic E-state index is 13.8. The molecule has 3 fully saturated rings. The van der Waals surface area contributed by atoms with E-state index in [0.717, 1.165) is 43.8 Å². The summed E-state index contributed by atoms with van der Waals surface area (Å²) < 4.78 is 51.3. The maximum absolute atomic E-state index is 13.8. The smallest absolute Gasteiger partial charge is 0.418 e. The average Bonchev–Trinajstić information content (AvgIpc) is 3.72. The zero-order chi connectivity index (χ0) is 31.1. The van der Waals surface area contributed by atoms with Gasteiger partial charge in [0.15, 0.2) is 11.5 Å². The number of rotatable bonds is 6. The summed E-state index contributed by atoms with van der Waals surface area (Å²) in [4.78, 5) is 57.4. The fraction of sp³-hybridized carbons (Fsp3) is 0.400. The molecule has 2 aliphatic carbocycles. The number of benzene rings is 2. The fourth-order valence-electron chi connectivity index (χ4n) is 7.83. The van der Waals surface area contributed by atoms with Gasteiger partial charge >= 0.3 is 11.0 Å². The van der Waals surface area contributed by atoms with Gasteiger partial charge in [-0.3, -0.25) is 24.1 Å². The van der Waals surface area contributed by atoms with E-state index >= 15 is 0 Å². The number of nitrogens with one attached hydrogen (secondary N) is 2. The second kappa shape index (κ2) is 10.4. The number of carbonyl (C=O) groups excluding carboxylic acids is 3. The highest BCUT2D eigenvalue weighted by Crippen LogP contribution is 2.68. The lowest BCUT2D eigenvalue weighted by atomic mass is 9.68. The molecule has 2 bridgehead atoms. The van der Waals surface area contributed by atoms with E-state index in [0.29, 0.717) is 17.9 Å². The first-order chi connectivity index (χ1) is 21.0. The first-order valence-corrected chi connectivity index (χ1v) is 15.6. The van der Waals surface area contributed by atoms with E-state index in [2.05, 4.69) is 10.3 Å². The summed E-state index contributed by atoms with van der Waals surface area (Å²) in [5.41, 5.74) is -0.560. The van der Waals surface area contributed by atoms with E-state index < -0.39 is 53.5 Å². The number of methoxy groups -OCH3 is 2. The van der Waals surface area contributed by atoms with E-state index in [1.165, 1.54) is 23.9 Å². The number of likely N-dealkylation sites (tertiary alicyclic amines) is 1. The van der Waals surface area contributed by atoms with Crippen molar-refractivity contribution in [2.75, 3.05) is 26.1 Å². The summed E-state index contributed by atoms with van der Waals surface area (Å²) in [5, 5.41) is 2.92. The number of amides is 3. The molecule has 230 valence electrons. The van der Waals surface area contributed by atoms with Crippen LogP contribution < -0.4 is 19.7 Å². The van der Waals surface area contributed by atoms with Crippen LogP contribution >= 0.6 is 23.1 Å². The molecule has 3 aromatic rings. The number of halogens is 3. The summed E-state index contributed by atoms with van der Waals surface area (Å²) in [7, 11) is 3.08. The second-order valence-corrected chi connectivity index (χ2v) is 13.6. The SMILES string of the molecule is COc1ccc([C@H]2c3sc(=O)[nH]c3SC3C4CC(C5C(=O)N(CC(=O)Nc6ccccc6C(F)(F)F)C(=O)C45)C32)cc1OC. The molecule has 14 heteroatoms. The first-order valence-electron chi connectivity index (χ1n) is 13.9. The van der Waals surface area contributed by atoms with Gasteiger partial charge in [0.2, 0.25) is 17.7 Å². The van der Waals surface area contributed by atoms with Gasteiger partial charge in [-0.1, -0.05) is 29.5 Å². The van der Waals surface area contributed by atoms with Crippen molar-refractivity contribution in [1.82, 2.24) is 9.88 Å². The molecule has 3 heterocycles. The van der Waals surface area contributed by atoms with Crippen molar-refractivity contribution >= 4 is 46.5 Å². The fourth-order valence-corrected chi connectivity index (χ4v) is 10.7. The number of para-hydroxylation sites is 1. The quantitative estimate of drug-likeness (QED) is 0.377. The maximum Gasteiger partial charge on any atom is 0.418 e. The minimum absolute atomic E-state index is 0.0683. The molecular formula is C30H26F3N3O6S2. The topological polar surface area (TPSA) is 118 Å². The molecule has 3 amide bonds. The Hall–Kier alpha value is -3.78. The van der Waals surface area contributed by atoms with Gasteiger partial charge in [0, 0.05) is 16.0 Å². The molecule has 6 unspecified atom stereocenters. The number of alkyl halides is 3. The third-order valence-corrected chi connectivity index (χ3v) is 12.0. The van der Waals surface area contributed by atoms with Crippen molar-refractivity contribution < 1.29 is 37.0 Å². The van der Waals surface area contributed by atoms with Crippen LogP contribution in [0, 0.1) is 29.6 Å². The molecule has 0 radical (unpaired) electrons. The molecule has 7 atom stereocenters. The van der Waals surface area contributed by atoms with E-state index in [1.54, 1.807) is 20.3 Å². The number of hydrogen-bond acceptors (Lipinski definition) is 8. The van der Waals surface area contributed by atoms with Gasteiger partial charge < -0.3 is 19.8 Å². The Labute approximate surface area is 257 Å². The number of imide groups is 1. The van der Waals surface area contributed by atoms with Gasteiger partial charge in [-0.15, -0.1) is 11.8 Å². The number of thioether (sulfide) groups is 1. The Morgan fingerprint density at radius 2 is 1.73 bits per heavy atom. The predicted molar refractivity (Wildman–Crippen MR) is 155 cm³/mol. The molecule has 2 saturated carbocycles. The monoisotopic (exact) mass is 645 g/mol. The lowest BCUT2D eigenvalue weighted by Crippen LogP contribution is -2.42. The van der Waals surface area contributed by atoms with Gasteiger partial charge in [-0.05, 0) is 54.0 Å². The first kappa shape index (κ1) is 29.0. The molecule has 4 aliphatic rings. The number of aromatic amines is 1. The normalized spacial score (nSPS) is 28.5. The second-order valence-electron chi connectivity index (χ2n) is 11.4. The lowest BCUT2D eigenvalue weighted by molar-refractivity contribution is -0.143. The standard InChI is InChI=1S/C30H26F3N3O6S2/c1-41-17-8-7-12(9-18(17)42-2)20-21-13-10-14(24(21)43-26-25(20)44-29(40)35-26)23-22(13)27(38)36(28(23)39)11-19(37)34-16-6-4-3-5-15(16)30(31,32)33/h3-9,13-14,20-24H,10-11H2,1-2H3,(H,34,37)(H,35,40)/t13?,14?,20-,21?,22?,23?,24?/m1/s1. The van der Waals surface area contributed by atoms with Gasteiger partial charge in [0.1, 0.15) is 6.54 Å². The van der Waals surface area contributed by atoms with Crippen LogP contribution in [0.15, 0.2) is 52.3 Å². The molecule has 9 nitrogen and oxygen atoms in total. The van der Waals surface area contributed by atoms with Gasteiger partial charge in [0.05, 0.1) is 42.3 Å². The summed E-state index contributed by atoms with van der Waals surface area (Å²) in [6.45, 7) is -0.668. The molecule has 2 aliphatic heterocycles. The number of ether oxygens (including phenoxy) is 2. The highest BCUT2D eigenvalue weighted by Gasteiger charge is 2.69. The third-order valence-electron chi connectivity index (χ3n) is 9.39.